The van der Waals surface area contributed by atoms with E-state index in [0.717, 1.165) is 56.5 Å². The van der Waals surface area contributed by atoms with E-state index in [1.807, 2.05) is 36.2 Å². The molecule has 0 aromatic carbocycles. The second kappa shape index (κ2) is 9.31. The third kappa shape index (κ3) is 6.38. The number of rotatable bonds is 9. The average Bonchev–Trinajstić information content (AvgIpc) is 2.96. The van der Waals surface area contributed by atoms with Crippen molar-refractivity contribution in [3.63, 3.8) is 0 Å². The molecule has 0 atom stereocenters. The number of nitrogens with zero attached hydrogens (tertiary/aromatic N) is 1. The van der Waals surface area contributed by atoms with Crippen molar-refractivity contribution in [2.75, 3.05) is 37.9 Å². The standard InChI is InChI=1S/C14H21NO3S/c1-2-6-15-13(3-1)4-7-16-10-12-19-11-5-14-17-8-9-18-14/h1-3,6,14H,4-5,7-12H2. The van der Waals surface area contributed by atoms with Crippen LogP contribution in [0.2, 0.25) is 0 Å². The molecule has 0 bridgehead atoms. The maximum atomic E-state index is 5.59. The van der Waals surface area contributed by atoms with E-state index in [0.29, 0.717) is 0 Å². The second-order valence-corrected chi connectivity index (χ2v) is 5.48. The van der Waals surface area contributed by atoms with Gasteiger partial charge in [0.2, 0.25) is 0 Å². The maximum Gasteiger partial charge on any atom is 0.158 e. The molecule has 1 aliphatic rings. The normalized spacial score (nSPS) is 16.0. The van der Waals surface area contributed by atoms with Gasteiger partial charge in [-0.05, 0) is 17.9 Å². The van der Waals surface area contributed by atoms with Gasteiger partial charge in [-0.1, -0.05) is 6.07 Å². The lowest BCUT2D eigenvalue weighted by Crippen LogP contribution is -2.09. The Morgan fingerprint density at radius 3 is 2.89 bits per heavy atom. The molecule has 1 fully saturated rings. The van der Waals surface area contributed by atoms with Crippen LogP contribution in [0.4, 0.5) is 0 Å². The number of hydrogen-bond acceptors (Lipinski definition) is 5. The van der Waals surface area contributed by atoms with Gasteiger partial charge in [-0.25, -0.2) is 0 Å². The van der Waals surface area contributed by atoms with Crippen molar-refractivity contribution in [1.82, 2.24) is 4.98 Å². The summed E-state index contributed by atoms with van der Waals surface area (Å²) in [4.78, 5) is 4.26. The van der Waals surface area contributed by atoms with Crippen molar-refractivity contribution < 1.29 is 14.2 Å². The molecule has 0 spiro atoms. The van der Waals surface area contributed by atoms with Gasteiger partial charge in [0.25, 0.3) is 0 Å². The number of hydrogen-bond donors (Lipinski definition) is 0. The summed E-state index contributed by atoms with van der Waals surface area (Å²) in [7, 11) is 0. The fourth-order valence-corrected chi connectivity index (χ4v) is 2.60. The Hall–Kier alpha value is -0.620. The summed E-state index contributed by atoms with van der Waals surface area (Å²) in [6.45, 7) is 3.02. The number of thioether (sulfide) groups is 1. The van der Waals surface area contributed by atoms with Gasteiger partial charge in [-0.2, -0.15) is 11.8 Å². The molecule has 106 valence electrons. The van der Waals surface area contributed by atoms with Gasteiger partial charge in [0, 0.05) is 30.5 Å². The first-order valence-electron chi connectivity index (χ1n) is 6.74. The molecule has 1 saturated heterocycles. The Labute approximate surface area is 118 Å². The zero-order valence-corrected chi connectivity index (χ0v) is 11.9. The topological polar surface area (TPSA) is 40.6 Å². The van der Waals surface area contributed by atoms with Gasteiger partial charge in [-0.15, -0.1) is 0 Å². The van der Waals surface area contributed by atoms with E-state index in [9.17, 15) is 0 Å². The largest absolute Gasteiger partial charge is 0.380 e. The van der Waals surface area contributed by atoms with E-state index in [-0.39, 0.29) is 6.29 Å². The van der Waals surface area contributed by atoms with E-state index >= 15 is 0 Å². The lowest BCUT2D eigenvalue weighted by atomic mass is 10.3. The van der Waals surface area contributed by atoms with Crippen LogP contribution in [-0.2, 0) is 20.6 Å². The van der Waals surface area contributed by atoms with E-state index in [1.54, 1.807) is 0 Å². The minimum atomic E-state index is 0.0255. The first-order valence-corrected chi connectivity index (χ1v) is 7.89. The molecule has 5 heteroatoms. The molecule has 4 nitrogen and oxygen atoms in total. The SMILES string of the molecule is c1ccc(CCOCCSCCC2OCCO2)nc1. The number of pyridine rings is 1. The van der Waals surface area contributed by atoms with Crippen LogP contribution in [0.5, 0.6) is 0 Å². The number of ether oxygens (including phenoxy) is 3. The predicted octanol–water partition coefficient (Wildman–Crippen LogP) is 2.14. The average molecular weight is 283 g/mol. The van der Waals surface area contributed by atoms with E-state index in [2.05, 4.69) is 4.98 Å². The van der Waals surface area contributed by atoms with Gasteiger partial charge in [-0.3, -0.25) is 4.98 Å². The van der Waals surface area contributed by atoms with Gasteiger partial charge in [0.1, 0.15) is 0 Å². The third-order valence-electron chi connectivity index (χ3n) is 2.79. The minimum absolute atomic E-state index is 0.0255. The van der Waals surface area contributed by atoms with Crippen molar-refractivity contribution >= 4 is 11.8 Å². The molecule has 0 amide bonds. The molecule has 1 aromatic rings. The highest BCUT2D eigenvalue weighted by Crippen LogP contribution is 2.12. The Bertz CT molecular complexity index is 331. The summed E-state index contributed by atoms with van der Waals surface area (Å²) in [5, 5.41) is 0. The lowest BCUT2D eigenvalue weighted by Gasteiger charge is -2.08. The molecule has 1 aliphatic heterocycles. The molecule has 0 saturated carbocycles. The van der Waals surface area contributed by atoms with E-state index in [4.69, 9.17) is 14.2 Å². The van der Waals surface area contributed by atoms with Crippen molar-refractivity contribution in [3.8, 4) is 0 Å². The molecule has 0 aliphatic carbocycles. The molecular formula is C14H21NO3S. The van der Waals surface area contributed by atoms with E-state index < -0.39 is 0 Å². The van der Waals surface area contributed by atoms with Crippen LogP contribution in [0.1, 0.15) is 12.1 Å². The highest BCUT2D eigenvalue weighted by molar-refractivity contribution is 7.99. The minimum Gasteiger partial charge on any atom is -0.380 e. The van der Waals surface area contributed by atoms with Gasteiger partial charge >= 0.3 is 0 Å². The molecule has 2 rings (SSSR count). The van der Waals surface area contributed by atoms with Crippen LogP contribution >= 0.6 is 11.8 Å². The maximum absolute atomic E-state index is 5.59. The summed E-state index contributed by atoms with van der Waals surface area (Å²) in [5.74, 6) is 2.09. The summed E-state index contributed by atoms with van der Waals surface area (Å²) in [6.07, 6.45) is 3.70. The van der Waals surface area contributed by atoms with Crippen molar-refractivity contribution in [1.29, 1.82) is 0 Å². The van der Waals surface area contributed by atoms with Crippen LogP contribution in [0.15, 0.2) is 24.4 Å². The number of aromatic nitrogens is 1. The summed E-state index contributed by atoms with van der Waals surface area (Å²) < 4.78 is 16.3. The van der Waals surface area contributed by atoms with Gasteiger partial charge < -0.3 is 14.2 Å². The smallest absolute Gasteiger partial charge is 0.158 e. The summed E-state index contributed by atoms with van der Waals surface area (Å²) in [5.41, 5.74) is 1.09. The molecule has 0 unspecified atom stereocenters. The fraction of sp³-hybridized carbons (Fsp3) is 0.643. The van der Waals surface area contributed by atoms with Crippen LogP contribution in [0.3, 0.4) is 0 Å². The zero-order chi connectivity index (χ0) is 13.2. The highest BCUT2D eigenvalue weighted by Gasteiger charge is 2.14. The fourth-order valence-electron chi connectivity index (χ4n) is 1.80. The van der Waals surface area contributed by atoms with Crippen molar-refractivity contribution in [2.24, 2.45) is 0 Å². The molecule has 1 aromatic heterocycles. The summed E-state index contributed by atoms with van der Waals surface area (Å²) in [6, 6.07) is 5.96. The quantitative estimate of drug-likeness (QED) is 0.649. The lowest BCUT2D eigenvalue weighted by molar-refractivity contribution is -0.0421. The molecular weight excluding hydrogens is 262 g/mol. The van der Waals surface area contributed by atoms with Crippen LogP contribution in [-0.4, -0.2) is 49.2 Å². The Morgan fingerprint density at radius 2 is 2.11 bits per heavy atom. The van der Waals surface area contributed by atoms with E-state index in [1.165, 1.54) is 0 Å². The highest BCUT2D eigenvalue weighted by atomic mass is 32.2. The van der Waals surface area contributed by atoms with Crippen LogP contribution in [0.25, 0.3) is 0 Å². The van der Waals surface area contributed by atoms with Crippen LogP contribution < -0.4 is 0 Å². The summed E-state index contributed by atoms with van der Waals surface area (Å²) >= 11 is 1.89. The molecule has 2 heterocycles. The second-order valence-electron chi connectivity index (χ2n) is 4.26. The van der Waals surface area contributed by atoms with Crippen LogP contribution in [0, 0.1) is 0 Å². The zero-order valence-electron chi connectivity index (χ0n) is 11.1. The van der Waals surface area contributed by atoms with Crippen molar-refractivity contribution in [3.05, 3.63) is 30.1 Å². The third-order valence-corrected chi connectivity index (χ3v) is 3.77. The molecule has 0 N–H and O–H groups in total. The van der Waals surface area contributed by atoms with Crippen molar-refractivity contribution in [2.45, 2.75) is 19.1 Å². The molecule has 0 radical (unpaired) electrons. The van der Waals surface area contributed by atoms with Gasteiger partial charge in [0.15, 0.2) is 6.29 Å². The monoisotopic (exact) mass is 283 g/mol. The Morgan fingerprint density at radius 1 is 1.21 bits per heavy atom. The predicted molar refractivity (Wildman–Crippen MR) is 76.4 cm³/mol. The van der Waals surface area contributed by atoms with Gasteiger partial charge in [0.05, 0.1) is 26.4 Å². The Balaban J connectivity index is 1.38. The first-order chi connectivity index (χ1) is 9.45. The molecule has 19 heavy (non-hydrogen) atoms. The Kier molecular flexibility index (Phi) is 7.24. The first kappa shape index (κ1) is 14.8.